The first kappa shape index (κ1) is 32.6. The minimum absolute atomic E-state index is 0.338. The summed E-state index contributed by atoms with van der Waals surface area (Å²) in [6, 6.07) is 0. The molecule has 0 N–H and O–H groups in total. The molecule has 0 bridgehead atoms. The van der Waals surface area contributed by atoms with Crippen LogP contribution in [0.25, 0.3) is 0 Å². The molecule has 0 fully saturated rings. The molecule has 0 spiro atoms. The largest absolute Gasteiger partial charge is 0.384 e. The lowest BCUT2D eigenvalue weighted by molar-refractivity contribution is 0.609. The Bertz CT molecular complexity index is 627. The van der Waals surface area contributed by atoms with Crippen LogP contribution in [0.4, 0.5) is 0 Å². The third kappa shape index (κ3) is 17.9. The minimum atomic E-state index is 0.338. The molecule has 0 amide bonds. The van der Waals surface area contributed by atoms with Crippen molar-refractivity contribution in [3.8, 4) is 0 Å². The zero-order valence-corrected chi connectivity index (χ0v) is 24.6. The van der Waals surface area contributed by atoms with Crippen molar-refractivity contribution < 1.29 is 0 Å². The Kier molecular flexibility index (Phi) is 22.8. The van der Waals surface area contributed by atoms with E-state index < -0.39 is 0 Å². The maximum absolute atomic E-state index is 2.48. The number of hydrogen-bond acceptors (Lipinski definition) is 1. The smallest absolute Gasteiger partial charge is 0.312 e. The lowest BCUT2D eigenvalue weighted by Crippen LogP contribution is -2.33. The van der Waals surface area contributed by atoms with E-state index in [9.17, 15) is 0 Å². The van der Waals surface area contributed by atoms with E-state index in [0.29, 0.717) is 6.85 Å². The Hall–Kier alpha value is -1.44. The van der Waals surface area contributed by atoms with Crippen LogP contribution < -0.4 is 0 Å². The fourth-order valence-corrected chi connectivity index (χ4v) is 4.86. The van der Waals surface area contributed by atoms with E-state index in [1.165, 1.54) is 141 Å². The second-order valence-corrected chi connectivity index (χ2v) is 10.8. The summed E-state index contributed by atoms with van der Waals surface area (Å²) in [7, 11) is 0. The van der Waals surface area contributed by atoms with Gasteiger partial charge in [0, 0.05) is 5.70 Å². The van der Waals surface area contributed by atoms with E-state index in [-0.39, 0.29) is 0 Å². The molecule has 1 rings (SSSR count). The molecule has 1 aliphatic rings. The Morgan fingerprint density at radius 2 is 1.06 bits per heavy atom. The number of rotatable bonds is 24. The third-order valence-electron chi connectivity index (χ3n) is 7.26. The fraction of sp³-hybridized carbons (Fsp3) is 0.706. The van der Waals surface area contributed by atoms with Crippen molar-refractivity contribution in [3.63, 3.8) is 0 Å². The first-order valence-corrected chi connectivity index (χ1v) is 16.0. The molecule has 36 heavy (non-hydrogen) atoms. The van der Waals surface area contributed by atoms with Crippen molar-refractivity contribution in [2.45, 2.75) is 156 Å². The van der Waals surface area contributed by atoms with Gasteiger partial charge < -0.3 is 4.81 Å². The zero-order chi connectivity index (χ0) is 25.9. The van der Waals surface area contributed by atoms with E-state index in [4.69, 9.17) is 0 Å². The number of allylic oxidation sites excluding steroid dienone is 6. The first-order valence-electron chi connectivity index (χ1n) is 16.0. The second kappa shape index (κ2) is 25.2. The molecule has 0 saturated heterocycles. The van der Waals surface area contributed by atoms with Crippen LogP contribution in [0.1, 0.15) is 156 Å². The molecule has 204 valence electrons. The summed E-state index contributed by atoms with van der Waals surface area (Å²) in [5, 5.41) is 0. The Labute approximate surface area is 227 Å². The summed E-state index contributed by atoms with van der Waals surface area (Å²) in [5.74, 6) is 4.77. The van der Waals surface area contributed by atoms with Crippen molar-refractivity contribution in [3.05, 3.63) is 60.3 Å². The zero-order valence-electron chi connectivity index (χ0n) is 24.6. The SMILES string of the molecule is CCCCCCCC/C=C/B1C=CC=C(/C=C/CCCCCCCC)N1/C=C/CCCCCCCC. The number of unbranched alkanes of at least 4 members (excludes halogenated alkanes) is 18. The van der Waals surface area contributed by atoms with Crippen LogP contribution in [0.3, 0.4) is 0 Å². The standard InChI is InChI=1S/C34H60BN/c1-4-7-10-13-16-19-22-25-29-34-30-28-32-35(31-26-23-20-17-14-11-8-5-2)36(34)33-27-24-21-18-15-12-9-6-3/h25-33H,4-24H2,1-3H3/b29-25+,31-26+,33-27+. The highest BCUT2D eigenvalue weighted by molar-refractivity contribution is 6.67. The van der Waals surface area contributed by atoms with Gasteiger partial charge >= 0.3 is 6.85 Å². The molecule has 2 heteroatoms. The quantitative estimate of drug-likeness (QED) is 0.0954. The van der Waals surface area contributed by atoms with Crippen LogP contribution in [0, 0.1) is 0 Å². The van der Waals surface area contributed by atoms with Crippen LogP contribution in [0.15, 0.2) is 60.3 Å². The summed E-state index contributed by atoms with van der Waals surface area (Å²) >= 11 is 0. The van der Waals surface area contributed by atoms with Gasteiger partial charge in [0.1, 0.15) is 0 Å². The van der Waals surface area contributed by atoms with Crippen molar-refractivity contribution in [2.75, 3.05) is 0 Å². The van der Waals surface area contributed by atoms with Gasteiger partial charge in [-0.1, -0.05) is 153 Å². The molecule has 0 saturated carbocycles. The predicted octanol–water partition coefficient (Wildman–Crippen LogP) is 11.7. The Morgan fingerprint density at radius 3 is 1.61 bits per heavy atom. The summed E-state index contributed by atoms with van der Waals surface area (Å²) in [5.41, 5.74) is 1.33. The molecule has 1 nitrogen and oxygen atoms in total. The summed E-state index contributed by atoms with van der Waals surface area (Å²) < 4.78 is 0. The van der Waals surface area contributed by atoms with Gasteiger partial charge in [0.15, 0.2) is 0 Å². The lowest BCUT2D eigenvalue weighted by Gasteiger charge is -2.28. The van der Waals surface area contributed by atoms with Crippen LogP contribution in [-0.2, 0) is 0 Å². The lowest BCUT2D eigenvalue weighted by atomic mass is 9.58. The molecule has 0 aliphatic carbocycles. The molecule has 0 aromatic rings. The van der Waals surface area contributed by atoms with Gasteiger partial charge in [-0.3, -0.25) is 0 Å². The van der Waals surface area contributed by atoms with Crippen molar-refractivity contribution in [1.82, 2.24) is 4.81 Å². The molecule has 0 unspecified atom stereocenters. The van der Waals surface area contributed by atoms with E-state index in [1.54, 1.807) is 0 Å². The maximum atomic E-state index is 2.48. The van der Waals surface area contributed by atoms with Gasteiger partial charge in [0.25, 0.3) is 0 Å². The molecule has 0 aromatic heterocycles. The van der Waals surface area contributed by atoms with Gasteiger partial charge in [0.05, 0.1) is 0 Å². The highest BCUT2D eigenvalue weighted by atomic mass is 15.0. The van der Waals surface area contributed by atoms with Gasteiger partial charge in [-0.05, 0) is 56.9 Å². The average molecular weight is 494 g/mol. The van der Waals surface area contributed by atoms with E-state index >= 15 is 0 Å². The van der Waals surface area contributed by atoms with Gasteiger partial charge in [-0.15, -0.1) is 0 Å². The van der Waals surface area contributed by atoms with Crippen LogP contribution >= 0.6 is 0 Å². The monoisotopic (exact) mass is 493 g/mol. The maximum Gasteiger partial charge on any atom is 0.312 e. The first-order chi connectivity index (χ1) is 17.8. The molecule has 0 radical (unpaired) electrons. The molecule has 1 heterocycles. The Morgan fingerprint density at radius 1 is 0.583 bits per heavy atom. The molecular weight excluding hydrogens is 433 g/mol. The van der Waals surface area contributed by atoms with Gasteiger partial charge in [-0.25, -0.2) is 0 Å². The molecule has 1 aliphatic heterocycles. The topological polar surface area (TPSA) is 3.24 Å². The van der Waals surface area contributed by atoms with Crippen molar-refractivity contribution in [2.24, 2.45) is 0 Å². The molecule has 0 atom stereocenters. The summed E-state index contributed by atoms with van der Waals surface area (Å²) in [6.07, 6.45) is 44.7. The van der Waals surface area contributed by atoms with Gasteiger partial charge in [-0.2, -0.15) is 0 Å². The second-order valence-electron chi connectivity index (χ2n) is 10.8. The normalized spacial score (nSPS) is 14.2. The minimum Gasteiger partial charge on any atom is -0.384 e. The number of hydrogen-bond donors (Lipinski definition) is 0. The summed E-state index contributed by atoms with van der Waals surface area (Å²) in [6.45, 7) is 7.21. The van der Waals surface area contributed by atoms with Crippen LogP contribution in [0.2, 0.25) is 0 Å². The van der Waals surface area contributed by atoms with E-state index in [0.717, 1.165) is 0 Å². The highest BCUT2D eigenvalue weighted by Crippen LogP contribution is 2.19. The highest BCUT2D eigenvalue weighted by Gasteiger charge is 2.19. The summed E-state index contributed by atoms with van der Waals surface area (Å²) in [4.78, 5) is 2.48. The molecule has 0 aromatic carbocycles. The van der Waals surface area contributed by atoms with Crippen LogP contribution in [-0.4, -0.2) is 11.7 Å². The van der Waals surface area contributed by atoms with Crippen molar-refractivity contribution >= 4 is 6.85 Å². The molecular formula is C34H60BN. The predicted molar refractivity (Wildman–Crippen MR) is 166 cm³/mol. The van der Waals surface area contributed by atoms with E-state index in [1.807, 2.05) is 0 Å². The van der Waals surface area contributed by atoms with Gasteiger partial charge in [0.2, 0.25) is 0 Å². The van der Waals surface area contributed by atoms with Crippen molar-refractivity contribution in [1.29, 1.82) is 0 Å². The average Bonchev–Trinajstić information content (AvgIpc) is 2.89. The third-order valence-corrected chi connectivity index (χ3v) is 7.26. The number of nitrogens with zero attached hydrogens (tertiary/aromatic N) is 1. The fourth-order valence-electron chi connectivity index (χ4n) is 4.86. The van der Waals surface area contributed by atoms with E-state index in [2.05, 4.69) is 80.2 Å². The Balaban J connectivity index is 2.55. The van der Waals surface area contributed by atoms with Crippen LogP contribution in [0.5, 0.6) is 0 Å².